The SMILES string of the molecule is NNC(CCCCl)Cc1cccc(F)c1F. The smallest absolute Gasteiger partial charge is 0.162 e. The Bertz CT molecular complexity index is 334. The number of rotatable bonds is 6. The molecule has 1 atom stereocenters. The second-order valence-corrected chi connectivity index (χ2v) is 3.99. The molecule has 0 heterocycles. The maximum atomic E-state index is 13.4. The van der Waals surface area contributed by atoms with Gasteiger partial charge in [0.25, 0.3) is 0 Å². The number of hydrogen-bond donors (Lipinski definition) is 2. The van der Waals surface area contributed by atoms with Crippen LogP contribution in [0.3, 0.4) is 0 Å². The number of nitrogens with one attached hydrogen (secondary N) is 1. The van der Waals surface area contributed by atoms with Gasteiger partial charge in [-0.05, 0) is 30.9 Å². The lowest BCUT2D eigenvalue weighted by Crippen LogP contribution is -2.37. The van der Waals surface area contributed by atoms with Gasteiger partial charge in [0.15, 0.2) is 11.6 Å². The van der Waals surface area contributed by atoms with Gasteiger partial charge in [-0.1, -0.05) is 12.1 Å². The van der Waals surface area contributed by atoms with Crippen LogP contribution in [0.2, 0.25) is 0 Å². The van der Waals surface area contributed by atoms with E-state index in [1.807, 2.05) is 0 Å². The third kappa shape index (κ3) is 3.70. The highest BCUT2D eigenvalue weighted by atomic mass is 35.5. The number of hydrazine groups is 1. The first kappa shape index (κ1) is 13.4. The molecule has 0 aromatic heterocycles. The molecule has 1 rings (SSSR count). The second-order valence-electron chi connectivity index (χ2n) is 3.61. The molecule has 0 fully saturated rings. The van der Waals surface area contributed by atoms with E-state index >= 15 is 0 Å². The van der Waals surface area contributed by atoms with E-state index in [1.165, 1.54) is 6.07 Å². The van der Waals surface area contributed by atoms with Gasteiger partial charge < -0.3 is 0 Å². The van der Waals surface area contributed by atoms with Gasteiger partial charge in [-0.25, -0.2) is 8.78 Å². The molecule has 3 N–H and O–H groups in total. The molecule has 5 heteroatoms. The predicted octanol–water partition coefficient (Wildman–Crippen LogP) is 2.36. The lowest BCUT2D eigenvalue weighted by atomic mass is 10.0. The topological polar surface area (TPSA) is 38.0 Å². The van der Waals surface area contributed by atoms with Crippen LogP contribution < -0.4 is 11.3 Å². The Balaban J connectivity index is 2.66. The summed E-state index contributed by atoms with van der Waals surface area (Å²) >= 11 is 5.56. The van der Waals surface area contributed by atoms with E-state index in [1.54, 1.807) is 6.07 Å². The van der Waals surface area contributed by atoms with Crippen LogP contribution in [0, 0.1) is 11.6 Å². The maximum absolute atomic E-state index is 13.4. The van der Waals surface area contributed by atoms with E-state index in [4.69, 9.17) is 17.4 Å². The van der Waals surface area contributed by atoms with Crippen molar-refractivity contribution in [2.75, 3.05) is 5.88 Å². The van der Waals surface area contributed by atoms with Gasteiger partial charge in [0, 0.05) is 11.9 Å². The molecular weight excluding hydrogens is 234 g/mol. The zero-order chi connectivity index (χ0) is 12.0. The highest BCUT2D eigenvalue weighted by molar-refractivity contribution is 6.17. The first-order valence-corrected chi connectivity index (χ1v) is 5.67. The molecule has 0 amide bonds. The highest BCUT2D eigenvalue weighted by Crippen LogP contribution is 2.14. The normalized spacial score (nSPS) is 12.8. The number of halogens is 3. The fraction of sp³-hybridized carbons (Fsp3) is 0.455. The molecule has 0 aliphatic rings. The number of benzene rings is 1. The summed E-state index contributed by atoms with van der Waals surface area (Å²) in [5.41, 5.74) is 2.92. The second kappa shape index (κ2) is 6.78. The Morgan fingerprint density at radius 3 is 2.75 bits per heavy atom. The number of alkyl halides is 1. The van der Waals surface area contributed by atoms with E-state index in [0.29, 0.717) is 17.9 Å². The zero-order valence-corrected chi connectivity index (χ0v) is 9.61. The van der Waals surface area contributed by atoms with Gasteiger partial charge in [0.1, 0.15) is 0 Å². The molecule has 0 saturated carbocycles. The fourth-order valence-electron chi connectivity index (χ4n) is 1.54. The van der Waals surface area contributed by atoms with Crippen molar-refractivity contribution in [2.24, 2.45) is 5.84 Å². The molecule has 1 aromatic rings. The van der Waals surface area contributed by atoms with E-state index in [9.17, 15) is 8.78 Å². The van der Waals surface area contributed by atoms with E-state index in [2.05, 4.69) is 5.43 Å². The average molecular weight is 249 g/mol. The minimum Gasteiger partial charge on any atom is -0.271 e. The summed E-state index contributed by atoms with van der Waals surface area (Å²) < 4.78 is 26.3. The molecule has 0 aliphatic heterocycles. The minimum atomic E-state index is -0.828. The van der Waals surface area contributed by atoms with Crippen LogP contribution in [0.4, 0.5) is 8.78 Å². The third-order valence-electron chi connectivity index (χ3n) is 2.42. The maximum Gasteiger partial charge on any atom is 0.162 e. The summed E-state index contributed by atoms with van der Waals surface area (Å²) in [6, 6.07) is 4.06. The molecule has 0 radical (unpaired) electrons. The number of nitrogens with two attached hydrogens (primary N) is 1. The van der Waals surface area contributed by atoms with Crippen LogP contribution in [0.5, 0.6) is 0 Å². The van der Waals surface area contributed by atoms with Crippen molar-refractivity contribution in [2.45, 2.75) is 25.3 Å². The predicted molar refractivity (Wildman–Crippen MR) is 61.1 cm³/mol. The van der Waals surface area contributed by atoms with Gasteiger partial charge in [-0.15, -0.1) is 11.6 Å². The Kier molecular flexibility index (Phi) is 5.66. The Morgan fingerprint density at radius 2 is 2.12 bits per heavy atom. The third-order valence-corrected chi connectivity index (χ3v) is 2.69. The average Bonchev–Trinajstić information content (AvgIpc) is 2.30. The van der Waals surface area contributed by atoms with Crippen molar-refractivity contribution in [3.63, 3.8) is 0 Å². The van der Waals surface area contributed by atoms with Gasteiger partial charge >= 0.3 is 0 Å². The van der Waals surface area contributed by atoms with E-state index in [0.717, 1.165) is 18.9 Å². The Labute approximate surface area is 98.8 Å². The van der Waals surface area contributed by atoms with E-state index in [-0.39, 0.29) is 6.04 Å². The van der Waals surface area contributed by atoms with Gasteiger partial charge in [0.05, 0.1) is 0 Å². The molecule has 90 valence electrons. The summed E-state index contributed by atoms with van der Waals surface area (Å²) in [5.74, 6) is 4.25. The highest BCUT2D eigenvalue weighted by Gasteiger charge is 2.13. The zero-order valence-electron chi connectivity index (χ0n) is 8.85. The van der Waals surface area contributed by atoms with Gasteiger partial charge in [-0.3, -0.25) is 11.3 Å². The van der Waals surface area contributed by atoms with Crippen LogP contribution in [0.15, 0.2) is 18.2 Å². The van der Waals surface area contributed by atoms with Crippen LogP contribution >= 0.6 is 11.6 Å². The fourth-order valence-corrected chi connectivity index (χ4v) is 1.69. The lowest BCUT2D eigenvalue weighted by Gasteiger charge is -2.15. The van der Waals surface area contributed by atoms with Crippen LogP contribution in [0.25, 0.3) is 0 Å². The van der Waals surface area contributed by atoms with E-state index < -0.39 is 11.6 Å². The summed E-state index contributed by atoms with van der Waals surface area (Å²) in [4.78, 5) is 0. The quantitative estimate of drug-likeness (QED) is 0.461. The minimum absolute atomic E-state index is 0.0879. The summed E-state index contributed by atoms with van der Waals surface area (Å²) in [6.07, 6.45) is 1.88. The van der Waals surface area contributed by atoms with Crippen molar-refractivity contribution < 1.29 is 8.78 Å². The van der Waals surface area contributed by atoms with Crippen LogP contribution in [0.1, 0.15) is 18.4 Å². The monoisotopic (exact) mass is 248 g/mol. The Hall–Kier alpha value is -0.710. The number of hydrogen-bond acceptors (Lipinski definition) is 2. The molecule has 0 saturated heterocycles. The summed E-state index contributed by atoms with van der Waals surface area (Å²) in [7, 11) is 0. The van der Waals surface area contributed by atoms with Crippen molar-refractivity contribution in [3.05, 3.63) is 35.4 Å². The molecule has 0 spiro atoms. The van der Waals surface area contributed by atoms with Crippen LogP contribution in [-0.2, 0) is 6.42 Å². The van der Waals surface area contributed by atoms with Crippen LogP contribution in [-0.4, -0.2) is 11.9 Å². The molecule has 1 unspecified atom stereocenters. The molecule has 16 heavy (non-hydrogen) atoms. The van der Waals surface area contributed by atoms with Crippen molar-refractivity contribution in [1.82, 2.24) is 5.43 Å². The Morgan fingerprint density at radius 1 is 1.38 bits per heavy atom. The van der Waals surface area contributed by atoms with Crippen molar-refractivity contribution >= 4 is 11.6 Å². The van der Waals surface area contributed by atoms with Gasteiger partial charge in [0.2, 0.25) is 0 Å². The van der Waals surface area contributed by atoms with Crippen molar-refractivity contribution in [1.29, 1.82) is 0 Å². The van der Waals surface area contributed by atoms with Crippen molar-refractivity contribution in [3.8, 4) is 0 Å². The standard InChI is InChI=1S/C11H15ClF2N2/c12-6-2-4-9(16-15)7-8-3-1-5-10(13)11(8)14/h1,3,5,9,16H,2,4,6-7,15H2. The molecule has 2 nitrogen and oxygen atoms in total. The first-order chi connectivity index (χ1) is 7.69. The summed E-state index contributed by atoms with van der Waals surface area (Å²) in [5, 5.41) is 0. The summed E-state index contributed by atoms with van der Waals surface area (Å²) in [6.45, 7) is 0. The molecule has 0 bridgehead atoms. The largest absolute Gasteiger partial charge is 0.271 e. The molecule has 0 aliphatic carbocycles. The molecule has 1 aromatic carbocycles. The van der Waals surface area contributed by atoms with Gasteiger partial charge in [-0.2, -0.15) is 0 Å². The molecular formula is C11H15ClF2N2. The first-order valence-electron chi connectivity index (χ1n) is 5.14. The lowest BCUT2D eigenvalue weighted by molar-refractivity contribution is 0.458.